The number of benzene rings is 2. The minimum absolute atomic E-state index is 0.0164. The molecule has 2 heterocycles. The summed E-state index contributed by atoms with van der Waals surface area (Å²) in [5.74, 6) is 0.138. The van der Waals surface area contributed by atoms with Crippen molar-refractivity contribution in [2.45, 2.75) is 85.0 Å². The third-order valence-electron chi connectivity index (χ3n) is 8.82. The molecular weight excluding hydrogens is 490 g/mol. The quantitative estimate of drug-likeness (QED) is 0.404. The van der Waals surface area contributed by atoms with Gasteiger partial charge in [-0.2, -0.15) is 0 Å². The van der Waals surface area contributed by atoms with Crippen LogP contribution in [0.5, 0.6) is 0 Å². The number of aliphatic hydroxyl groups excluding tert-OH is 1. The van der Waals surface area contributed by atoms with Gasteiger partial charge < -0.3 is 25.2 Å². The van der Waals surface area contributed by atoms with E-state index >= 15 is 0 Å². The van der Waals surface area contributed by atoms with E-state index in [0.717, 1.165) is 29.8 Å². The highest BCUT2D eigenvalue weighted by molar-refractivity contribution is 5.89. The van der Waals surface area contributed by atoms with Crippen molar-refractivity contribution in [3.63, 3.8) is 0 Å². The molecule has 2 aromatic carbocycles. The van der Waals surface area contributed by atoms with Crippen molar-refractivity contribution < 1.29 is 19.4 Å². The van der Waals surface area contributed by atoms with Gasteiger partial charge in [-0.3, -0.25) is 4.90 Å². The molecule has 2 aliphatic heterocycles. The summed E-state index contributed by atoms with van der Waals surface area (Å²) in [4.78, 5) is 14.8. The van der Waals surface area contributed by atoms with Gasteiger partial charge in [-0.1, -0.05) is 64.1 Å². The first-order valence-electron chi connectivity index (χ1n) is 14.5. The number of amides is 2. The van der Waals surface area contributed by atoms with Crippen molar-refractivity contribution in [3.8, 4) is 0 Å². The molecule has 5 rings (SSSR count). The summed E-state index contributed by atoms with van der Waals surface area (Å²) >= 11 is 0. The van der Waals surface area contributed by atoms with Gasteiger partial charge in [0.1, 0.15) is 0 Å². The number of hydrogen-bond acceptors (Lipinski definition) is 5. The van der Waals surface area contributed by atoms with Gasteiger partial charge in [0.05, 0.1) is 18.8 Å². The van der Waals surface area contributed by atoms with Crippen molar-refractivity contribution in [1.29, 1.82) is 0 Å². The second-order valence-electron chi connectivity index (χ2n) is 13.1. The molecule has 7 nitrogen and oxygen atoms in total. The standard InChI is InChI=1S/C32H45N3O4/c1-6-33-30(37)34-25-9-7-8-24(14-25)29-38-27(17-35-20-32(5)16-26(35)15-31(3,4)19-32)21(2)28(39-29)23-12-10-22(18-36)11-13-23/h7-14,21,26-29,36H,6,15-20H2,1-5H3,(H2,33,34,37). The topological polar surface area (TPSA) is 83.1 Å². The van der Waals surface area contributed by atoms with Crippen molar-refractivity contribution >= 4 is 11.7 Å². The third kappa shape index (κ3) is 6.32. The number of nitrogens with one attached hydrogen (secondary N) is 2. The molecule has 0 radical (unpaired) electrons. The van der Waals surface area contributed by atoms with Crippen LogP contribution in [0.2, 0.25) is 0 Å². The van der Waals surface area contributed by atoms with Gasteiger partial charge in [-0.25, -0.2) is 4.79 Å². The van der Waals surface area contributed by atoms with Crippen molar-refractivity contribution in [3.05, 3.63) is 65.2 Å². The minimum Gasteiger partial charge on any atom is -0.392 e. The molecule has 3 fully saturated rings. The Kier molecular flexibility index (Phi) is 8.07. The summed E-state index contributed by atoms with van der Waals surface area (Å²) in [7, 11) is 0. The number of carbonyl (C=O) groups is 1. The first-order valence-corrected chi connectivity index (χ1v) is 14.5. The van der Waals surface area contributed by atoms with Crippen molar-refractivity contribution in [1.82, 2.24) is 10.2 Å². The molecule has 6 unspecified atom stereocenters. The average molecular weight is 536 g/mol. The van der Waals surface area contributed by atoms with Gasteiger partial charge >= 0.3 is 6.03 Å². The van der Waals surface area contributed by atoms with Gasteiger partial charge in [0, 0.05) is 42.8 Å². The highest BCUT2D eigenvalue weighted by Gasteiger charge is 2.51. The molecule has 3 N–H and O–H groups in total. The van der Waals surface area contributed by atoms with Crippen LogP contribution in [0.1, 0.15) is 83.0 Å². The Bertz CT molecular complexity index is 1150. The Balaban J connectivity index is 1.40. The summed E-state index contributed by atoms with van der Waals surface area (Å²) in [6, 6.07) is 16.1. The van der Waals surface area contributed by atoms with Crippen LogP contribution < -0.4 is 10.6 Å². The molecule has 0 spiro atoms. The number of nitrogens with zero attached hydrogens (tertiary/aromatic N) is 1. The number of carbonyl (C=O) groups excluding carboxylic acids is 1. The van der Waals surface area contributed by atoms with E-state index in [4.69, 9.17) is 9.47 Å². The van der Waals surface area contributed by atoms with Crippen LogP contribution in [0, 0.1) is 16.7 Å². The second-order valence-corrected chi connectivity index (χ2v) is 13.1. The molecule has 39 heavy (non-hydrogen) atoms. The number of anilines is 1. The monoisotopic (exact) mass is 535 g/mol. The Morgan fingerprint density at radius 1 is 1.08 bits per heavy atom. The molecule has 0 aromatic heterocycles. The zero-order chi connectivity index (χ0) is 27.8. The van der Waals surface area contributed by atoms with E-state index < -0.39 is 6.29 Å². The molecule has 1 aliphatic carbocycles. The fraction of sp³-hybridized carbons (Fsp3) is 0.594. The number of rotatable bonds is 7. The average Bonchev–Trinajstić information content (AvgIpc) is 3.12. The summed E-state index contributed by atoms with van der Waals surface area (Å²) in [5, 5.41) is 15.2. The van der Waals surface area contributed by atoms with Crippen LogP contribution in [0.25, 0.3) is 0 Å². The van der Waals surface area contributed by atoms with E-state index in [9.17, 15) is 9.90 Å². The third-order valence-corrected chi connectivity index (χ3v) is 8.82. The van der Waals surface area contributed by atoms with Crippen LogP contribution in [-0.2, 0) is 16.1 Å². The van der Waals surface area contributed by atoms with Gasteiger partial charge in [-0.05, 0) is 60.3 Å². The Hall–Kier alpha value is -2.45. The lowest BCUT2D eigenvalue weighted by atomic mass is 9.65. The fourth-order valence-corrected chi connectivity index (χ4v) is 7.45. The zero-order valence-electron chi connectivity index (χ0n) is 24.1. The van der Waals surface area contributed by atoms with Gasteiger partial charge in [-0.15, -0.1) is 0 Å². The Morgan fingerprint density at radius 2 is 1.85 bits per heavy atom. The minimum atomic E-state index is -0.557. The first-order chi connectivity index (χ1) is 18.6. The lowest BCUT2D eigenvalue weighted by Gasteiger charge is -2.43. The normalized spacial score (nSPS) is 32.1. The molecule has 2 aromatic rings. The fourth-order valence-electron chi connectivity index (χ4n) is 7.45. The van der Waals surface area contributed by atoms with Crippen LogP contribution in [0.15, 0.2) is 48.5 Å². The maximum Gasteiger partial charge on any atom is 0.319 e. The number of hydrogen-bond donors (Lipinski definition) is 3. The van der Waals surface area contributed by atoms with E-state index in [-0.39, 0.29) is 30.8 Å². The van der Waals surface area contributed by atoms with Crippen LogP contribution in [0.4, 0.5) is 10.5 Å². The molecule has 7 heteroatoms. The highest BCUT2D eigenvalue weighted by atomic mass is 16.7. The zero-order valence-corrected chi connectivity index (χ0v) is 24.1. The Morgan fingerprint density at radius 3 is 2.56 bits per heavy atom. The maximum atomic E-state index is 12.1. The molecule has 6 atom stereocenters. The number of fused-ring (bicyclic) bond motifs is 2. The molecular formula is C32H45N3O4. The molecule has 1 saturated carbocycles. The predicted molar refractivity (Wildman–Crippen MR) is 153 cm³/mol. The van der Waals surface area contributed by atoms with Crippen LogP contribution >= 0.6 is 0 Å². The number of aliphatic hydroxyl groups is 1. The number of urea groups is 1. The molecule has 2 bridgehead atoms. The van der Waals surface area contributed by atoms with Gasteiger partial charge in [0.2, 0.25) is 0 Å². The summed E-state index contributed by atoms with van der Waals surface area (Å²) in [6.45, 7) is 14.0. The lowest BCUT2D eigenvalue weighted by Crippen LogP contribution is -2.46. The predicted octanol–water partition coefficient (Wildman–Crippen LogP) is 6.01. The Labute approximate surface area is 233 Å². The van der Waals surface area contributed by atoms with Crippen LogP contribution in [-0.4, -0.2) is 47.8 Å². The highest BCUT2D eigenvalue weighted by Crippen LogP contribution is 2.53. The largest absolute Gasteiger partial charge is 0.392 e. The molecule has 2 saturated heterocycles. The van der Waals surface area contributed by atoms with Gasteiger partial charge in [0.15, 0.2) is 6.29 Å². The summed E-state index contributed by atoms with van der Waals surface area (Å²) < 4.78 is 13.4. The molecule has 3 aliphatic rings. The van der Waals surface area contributed by atoms with Gasteiger partial charge in [0.25, 0.3) is 0 Å². The van der Waals surface area contributed by atoms with E-state index in [0.29, 0.717) is 29.1 Å². The van der Waals surface area contributed by atoms with Crippen LogP contribution in [0.3, 0.4) is 0 Å². The SMILES string of the molecule is CCNC(=O)Nc1cccc(C2OC(CN3CC4(C)CC3CC(C)(C)C4)C(C)C(c3ccc(CO)cc3)O2)c1. The van der Waals surface area contributed by atoms with Crippen molar-refractivity contribution in [2.24, 2.45) is 16.7 Å². The van der Waals surface area contributed by atoms with E-state index in [1.807, 2.05) is 43.3 Å². The summed E-state index contributed by atoms with van der Waals surface area (Å²) in [5.41, 5.74) is 4.28. The number of ether oxygens (including phenoxy) is 2. The van der Waals surface area contributed by atoms with E-state index in [1.165, 1.54) is 19.3 Å². The van der Waals surface area contributed by atoms with Crippen molar-refractivity contribution in [2.75, 3.05) is 25.0 Å². The summed E-state index contributed by atoms with van der Waals surface area (Å²) in [6.07, 6.45) is 3.03. The lowest BCUT2D eigenvalue weighted by molar-refractivity contribution is -0.276. The second kappa shape index (κ2) is 11.2. The smallest absolute Gasteiger partial charge is 0.319 e. The maximum absolute atomic E-state index is 12.1. The molecule has 2 amide bonds. The number of likely N-dealkylation sites (tertiary alicyclic amines) is 1. The molecule has 212 valence electrons. The first kappa shape index (κ1) is 28.1. The van der Waals surface area contributed by atoms with E-state index in [1.54, 1.807) is 0 Å². The van der Waals surface area contributed by atoms with E-state index in [2.05, 4.69) is 55.4 Å².